The van der Waals surface area contributed by atoms with Crippen molar-refractivity contribution in [1.29, 1.82) is 0 Å². The van der Waals surface area contributed by atoms with Crippen LogP contribution in [0.5, 0.6) is 0 Å². The molecule has 1 N–H and O–H groups in total. The van der Waals surface area contributed by atoms with Gasteiger partial charge in [-0.2, -0.15) is 13.2 Å². The van der Waals surface area contributed by atoms with E-state index < -0.39 is 35.8 Å². The van der Waals surface area contributed by atoms with Gasteiger partial charge in [-0.3, -0.25) is 5.32 Å². The van der Waals surface area contributed by atoms with Gasteiger partial charge in [0, 0.05) is 6.42 Å². The molecule has 0 saturated heterocycles. The summed E-state index contributed by atoms with van der Waals surface area (Å²) in [7, 11) is 0. The molecule has 1 aromatic carbocycles. The van der Waals surface area contributed by atoms with Gasteiger partial charge in [0.2, 0.25) is 5.54 Å². The lowest BCUT2D eigenvalue weighted by Gasteiger charge is -2.34. The van der Waals surface area contributed by atoms with Crippen molar-refractivity contribution in [3.63, 3.8) is 0 Å². The van der Waals surface area contributed by atoms with E-state index >= 15 is 0 Å². The van der Waals surface area contributed by atoms with Crippen LogP contribution in [0.2, 0.25) is 0 Å². The van der Waals surface area contributed by atoms with Gasteiger partial charge < -0.3 is 9.47 Å². The molecule has 0 saturated carbocycles. The highest BCUT2D eigenvalue weighted by Crippen LogP contribution is 2.35. The van der Waals surface area contributed by atoms with E-state index in [-0.39, 0.29) is 12.2 Å². The number of esters is 1. The van der Waals surface area contributed by atoms with E-state index in [1.54, 1.807) is 11.4 Å². The predicted octanol–water partition coefficient (Wildman–Crippen LogP) is 3.62. The Morgan fingerprint density at radius 2 is 1.64 bits per heavy atom. The van der Waals surface area contributed by atoms with Crippen LogP contribution in [0.1, 0.15) is 33.3 Å². The summed E-state index contributed by atoms with van der Waals surface area (Å²) in [6.07, 6.45) is -7.25. The van der Waals surface area contributed by atoms with Crippen molar-refractivity contribution >= 4 is 12.1 Å². The van der Waals surface area contributed by atoms with Crippen LogP contribution >= 0.6 is 0 Å². The number of halogens is 3. The number of alkyl halides is 3. The monoisotopic (exact) mass is 361 g/mol. The molecule has 1 atom stereocenters. The molecule has 5 nitrogen and oxygen atoms in total. The van der Waals surface area contributed by atoms with Crippen LogP contribution in [0, 0.1) is 0 Å². The molecule has 1 rings (SSSR count). The standard InChI is InChI=1S/C17H22F3NO4/c1-5-24-13(22)16(17(18,19)20,11-12-9-7-6-8-10-12)21-14(23)25-15(2,3)4/h6-10H,5,11H2,1-4H3,(H,21,23). The summed E-state index contributed by atoms with van der Waals surface area (Å²) in [4.78, 5) is 24.2. The van der Waals surface area contributed by atoms with E-state index in [0.717, 1.165) is 0 Å². The summed E-state index contributed by atoms with van der Waals surface area (Å²) in [5.41, 5.74) is -4.06. The normalized spacial score (nSPS) is 14.4. The van der Waals surface area contributed by atoms with E-state index in [1.165, 1.54) is 52.0 Å². The van der Waals surface area contributed by atoms with Crippen LogP contribution in [0.4, 0.5) is 18.0 Å². The van der Waals surface area contributed by atoms with Crippen LogP contribution in [0.25, 0.3) is 0 Å². The van der Waals surface area contributed by atoms with Gasteiger partial charge in [-0.1, -0.05) is 30.3 Å². The third kappa shape index (κ3) is 5.65. The summed E-state index contributed by atoms with van der Waals surface area (Å²) in [5.74, 6) is -1.59. The first-order chi connectivity index (χ1) is 11.4. The number of hydrogen-bond donors (Lipinski definition) is 1. The first-order valence-corrected chi connectivity index (χ1v) is 7.70. The molecule has 0 aromatic heterocycles. The zero-order valence-electron chi connectivity index (χ0n) is 14.6. The molecule has 25 heavy (non-hydrogen) atoms. The Bertz CT molecular complexity index is 596. The summed E-state index contributed by atoms with van der Waals surface area (Å²) in [6, 6.07) is 7.56. The lowest BCUT2D eigenvalue weighted by molar-refractivity contribution is -0.212. The molecule has 0 radical (unpaired) electrons. The molecule has 1 aromatic rings. The average Bonchev–Trinajstić information content (AvgIpc) is 2.44. The molecule has 0 fully saturated rings. The van der Waals surface area contributed by atoms with Gasteiger partial charge in [-0.05, 0) is 33.3 Å². The van der Waals surface area contributed by atoms with Crippen molar-refractivity contribution < 1.29 is 32.2 Å². The van der Waals surface area contributed by atoms with E-state index in [1.807, 2.05) is 0 Å². The molecule has 1 amide bonds. The maximum Gasteiger partial charge on any atom is 0.422 e. The summed E-state index contributed by atoms with van der Waals surface area (Å²) < 4.78 is 51.1. The Balaban J connectivity index is 3.30. The topological polar surface area (TPSA) is 64.6 Å². The average molecular weight is 361 g/mol. The Labute approximate surface area is 144 Å². The van der Waals surface area contributed by atoms with Gasteiger partial charge in [0.05, 0.1) is 6.61 Å². The lowest BCUT2D eigenvalue weighted by Crippen LogP contribution is -2.66. The fourth-order valence-electron chi connectivity index (χ4n) is 2.09. The van der Waals surface area contributed by atoms with Crippen LogP contribution in [0.3, 0.4) is 0 Å². The molecule has 0 bridgehead atoms. The number of carbonyl (C=O) groups excluding carboxylic acids is 2. The number of rotatable bonds is 5. The minimum Gasteiger partial charge on any atom is -0.464 e. The van der Waals surface area contributed by atoms with E-state index in [9.17, 15) is 22.8 Å². The van der Waals surface area contributed by atoms with Gasteiger partial charge in [-0.15, -0.1) is 0 Å². The maximum absolute atomic E-state index is 13.9. The molecule has 0 heterocycles. The molecular formula is C17H22F3NO4. The summed E-state index contributed by atoms with van der Waals surface area (Å²) in [5, 5.41) is 1.70. The largest absolute Gasteiger partial charge is 0.464 e. The Morgan fingerprint density at radius 1 is 1.08 bits per heavy atom. The van der Waals surface area contributed by atoms with Crippen LogP contribution in [-0.4, -0.2) is 36.0 Å². The number of benzene rings is 1. The van der Waals surface area contributed by atoms with Crippen LogP contribution < -0.4 is 5.32 Å². The molecule has 0 spiro atoms. The van der Waals surface area contributed by atoms with Gasteiger partial charge in [0.25, 0.3) is 0 Å². The predicted molar refractivity (Wildman–Crippen MR) is 84.9 cm³/mol. The molecule has 0 aliphatic carbocycles. The van der Waals surface area contributed by atoms with Gasteiger partial charge in [0.1, 0.15) is 5.60 Å². The van der Waals surface area contributed by atoms with Crippen molar-refractivity contribution in [2.45, 2.75) is 51.4 Å². The van der Waals surface area contributed by atoms with Crippen molar-refractivity contribution in [3.8, 4) is 0 Å². The van der Waals surface area contributed by atoms with Crippen molar-refractivity contribution in [2.24, 2.45) is 0 Å². The highest BCUT2D eigenvalue weighted by atomic mass is 19.4. The van der Waals surface area contributed by atoms with Gasteiger partial charge >= 0.3 is 18.2 Å². The van der Waals surface area contributed by atoms with Crippen molar-refractivity contribution in [2.75, 3.05) is 6.61 Å². The number of nitrogens with one attached hydrogen (secondary N) is 1. The van der Waals surface area contributed by atoms with E-state index in [4.69, 9.17) is 4.74 Å². The fraction of sp³-hybridized carbons (Fsp3) is 0.529. The first kappa shape index (κ1) is 20.8. The Kier molecular flexibility index (Phi) is 6.45. The second-order valence-electron chi connectivity index (χ2n) is 6.41. The third-order valence-electron chi connectivity index (χ3n) is 3.13. The molecular weight excluding hydrogens is 339 g/mol. The minimum atomic E-state index is -5.09. The van der Waals surface area contributed by atoms with Crippen LogP contribution in [-0.2, 0) is 20.7 Å². The van der Waals surface area contributed by atoms with Crippen molar-refractivity contribution in [3.05, 3.63) is 35.9 Å². The van der Waals surface area contributed by atoms with E-state index in [0.29, 0.717) is 0 Å². The van der Waals surface area contributed by atoms with Gasteiger partial charge in [-0.25, -0.2) is 9.59 Å². The molecule has 140 valence electrons. The second-order valence-corrected chi connectivity index (χ2v) is 6.41. The molecule has 1 unspecified atom stereocenters. The number of ether oxygens (including phenoxy) is 2. The third-order valence-corrected chi connectivity index (χ3v) is 3.13. The molecule has 0 aliphatic heterocycles. The minimum absolute atomic E-state index is 0.212. The SMILES string of the molecule is CCOC(=O)C(Cc1ccccc1)(NC(=O)OC(C)(C)C)C(F)(F)F. The lowest BCUT2D eigenvalue weighted by atomic mass is 9.90. The van der Waals surface area contributed by atoms with Gasteiger partial charge in [0.15, 0.2) is 0 Å². The molecule has 8 heteroatoms. The molecule has 0 aliphatic rings. The maximum atomic E-state index is 13.9. The quantitative estimate of drug-likeness (QED) is 0.814. The number of hydrogen-bond acceptors (Lipinski definition) is 4. The zero-order valence-corrected chi connectivity index (χ0v) is 14.6. The Hall–Kier alpha value is -2.25. The fourth-order valence-corrected chi connectivity index (χ4v) is 2.09. The smallest absolute Gasteiger partial charge is 0.422 e. The first-order valence-electron chi connectivity index (χ1n) is 7.70. The zero-order chi connectivity index (χ0) is 19.3. The second kappa shape index (κ2) is 7.76. The number of carbonyl (C=O) groups is 2. The summed E-state index contributed by atoms with van der Waals surface area (Å²) in [6.45, 7) is 5.63. The highest BCUT2D eigenvalue weighted by molar-refractivity contribution is 5.87. The number of alkyl carbamates (subject to hydrolysis) is 1. The van der Waals surface area contributed by atoms with Crippen LogP contribution in [0.15, 0.2) is 30.3 Å². The van der Waals surface area contributed by atoms with E-state index in [2.05, 4.69) is 4.74 Å². The summed E-state index contributed by atoms with van der Waals surface area (Å²) >= 11 is 0. The number of amides is 1. The van der Waals surface area contributed by atoms with Crippen molar-refractivity contribution in [1.82, 2.24) is 5.32 Å². The Morgan fingerprint density at radius 3 is 2.08 bits per heavy atom. The highest BCUT2D eigenvalue weighted by Gasteiger charge is 2.63.